The molecule has 0 aliphatic carbocycles. The Kier molecular flexibility index (Phi) is 6.80. The van der Waals surface area contributed by atoms with Gasteiger partial charge in [0.1, 0.15) is 11.4 Å². The van der Waals surface area contributed by atoms with Crippen LogP contribution in [0.15, 0.2) is 77.9 Å². The lowest BCUT2D eigenvalue weighted by Crippen LogP contribution is -2.44. The van der Waals surface area contributed by atoms with Gasteiger partial charge in [-0.3, -0.25) is 19.1 Å². The molecule has 0 radical (unpaired) electrons. The van der Waals surface area contributed by atoms with Gasteiger partial charge >= 0.3 is 0 Å². The van der Waals surface area contributed by atoms with E-state index in [0.717, 1.165) is 29.1 Å². The average Bonchev–Trinajstić information content (AvgIpc) is 3.32. The van der Waals surface area contributed by atoms with Crippen molar-refractivity contribution in [1.82, 2.24) is 19.8 Å². The van der Waals surface area contributed by atoms with E-state index in [9.17, 15) is 9.59 Å². The number of benzene rings is 2. The second-order valence-corrected chi connectivity index (χ2v) is 9.35. The summed E-state index contributed by atoms with van der Waals surface area (Å²) in [6.07, 6.45) is 1.47. The van der Waals surface area contributed by atoms with Gasteiger partial charge in [-0.15, -0.1) is 11.3 Å². The summed E-state index contributed by atoms with van der Waals surface area (Å²) in [5.41, 5.74) is 1.87. The van der Waals surface area contributed by atoms with E-state index in [0.29, 0.717) is 30.0 Å². The van der Waals surface area contributed by atoms with Crippen LogP contribution in [-0.2, 0) is 16.1 Å². The maximum atomic E-state index is 13.1. The Hall–Kier alpha value is -3.33. The van der Waals surface area contributed by atoms with Crippen molar-refractivity contribution in [2.24, 2.45) is 0 Å². The molecule has 0 spiro atoms. The molecule has 174 valence electrons. The van der Waals surface area contributed by atoms with Gasteiger partial charge in [0, 0.05) is 24.5 Å². The van der Waals surface area contributed by atoms with Gasteiger partial charge in [0.2, 0.25) is 5.91 Å². The van der Waals surface area contributed by atoms with Crippen molar-refractivity contribution in [3.05, 3.63) is 89.0 Å². The lowest BCUT2D eigenvalue weighted by molar-refractivity contribution is -0.122. The highest BCUT2D eigenvalue weighted by Crippen LogP contribution is 2.30. The molecular formula is C26H26N4O3S. The van der Waals surface area contributed by atoms with Crippen LogP contribution < -0.4 is 10.9 Å². The molecule has 0 unspecified atom stereocenters. The van der Waals surface area contributed by atoms with Crippen LogP contribution in [0.4, 0.5) is 0 Å². The predicted molar refractivity (Wildman–Crippen MR) is 134 cm³/mol. The Morgan fingerprint density at radius 1 is 1.06 bits per heavy atom. The van der Waals surface area contributed by atoms with E-state index >= 15 is 0 Å². The van der Waals surface area contributed by atoms with E-state index in [1.165, 1.54) is 22.2 Å². The van der Waals surface area contributed by atoms with Crippen molar-refractivity contribution >= 4 is 27.5 Å². The lowest BCUT2D eigenvalue weighted by Gasteiger charge is -2.31. The minimum atomic E-state index is -0.219. The number of carbonyl (C=O) groups is 1. The number of amides is 1. The summed E-state index contributed by atoms with van der Waals surface area (Å²) in [4.78, 5) is 34.5. The number of carbonyl (C=O) groups excluding carboxylic acids is 1. The average molecular weight is 475 g/mol. The number of aromatic nitrogens is 2. The first-order valence-electron chi connectivity index (χ1n) is 11.4. The zero-order valence-electron chi connectivity index (χ0n) is 18.7. The Balaban J connectivity index is 1.34. The monoisotopic (exact) mass is 474 g/mol. The molecule has 1 atom stereocenters. The quantitative estimate of drug-likeness (QED) is 0.445. The number of thiophene rings is 1. The molecule has 1 saturated heterocycles. The largest absolute Gasteiger partial charge is 0.379 e. The first-order valence-corrected chi connectivity index (χ1v) is 12.2. The summed E-state index contributed by atoms with van der Waals surface area (Å²) < 4.78 is 6.84. The molecule has 1 aliphatic rings. The normalized spacial score (nSPS) is 15.3. The summed E-state index contributed by atoms with van der Waals surface area (Å²) >= 11 is 1.48. The van der Waals surface area contributed by atoms with E-state index in [2.05, 4.69) is 15.2 Å². The van der Waals surface area contributed by atoms with Gasteiger partial charge in [0.05, 0.1) is 31.0 Å². The van der Waals surface area contributed by atoms with Crippen molar-refractivity contribution in [3.8, 4) is 10.4 Å². The molecule has 34 heavy (non-hydrogen) atoms. The van der Waals surface area contributed by atoms with Gasteiger partial charge in [0.25, 0.3) is 5.56 Å². The van der Waals surface area contributed by atoms with Gasteiger partial charge in [-0.05, 0) is 17.2 Å². The first-order chi connectivity index (χ1) is 16.7. The van der Waals surface area contributed by atoms with Gasteiger partial charge in [0.15, 0.2) is 0 Å². The van der Waals surface area contributed by atoms with E-state index in [1.807, 2.05) is 66.7 Å². The fourth-order valence-electron chi connectivity index (χ4n) is 4.17. The molecule has 3 heterocycles. The Labute approximate surface area is 201 Å². The van der Waals surface area contributed by atoms with Crippen molar-refractivity contribution in [1.29, 1.82) is 0 Å². The van der Waals surface area contributed by atoms with Crippen LogP contribution in [0.2, 0.25) is 0 Å². The number of morpholine rings is 1. The van der Waals surface area contributed by atoms with Crippen LogP contribution in [0.25, 0.3) is 20.7 Å². The number of nitrogens with zero attached hydrogens (tertiary/aromatic N) is 3. The fourth-order valence-corrected chi connectivity index (χ4v) is 5.17. The minimum absolute atomic E-state index is 0.0786. The Bertz CT molecular complexity index is 1310. The van der Waals surface area contributed by atoms with E-state index in [4.69, 9.17) is 4.74 Å². The highest BCUT2D eigenvalue weighted by atomic mass is 32.1. The molecule has 2 aromatic carbocycles. The van der Waals surface area contributed by atoms with Gasteiger partial charge in [-0.25, -0.2) is 4.98 Å². The van der Waals surface area contributed by atoms with Crippen LogP contribution in [-0.4, -0.2) is 53.2 Å². The van der Waals surface area contributed by atoms with E-state index < -0.39 is 0 Å². The highest BCUT2D eigenvalue weighted by Gasteiger charge is 2.21. The third kappa shape index (κ3) is 5.09. The summed E-state index contributed by atoms with van der Waals surface area (Å²) in [7, 11) is 0. The molecule has 1 N–H and O–H groups in total. The van der Waals surface area contributed by atoms with Crippen LogP contribution in [0, 0.1) is 0 Å². The van der Waals surface area contributed by atoms with E-state index in [1.54, 1.807) is 0 Å². The zero-order valence-corrected chi connectivity index (χ0v) is 19.5. The zero-order chi connectivity index (χ0) is 23.3. The summed E-state index contributed by atoms with van der Waals surface area (Å²) in [6.45, 7) is 3.67. The molecule has 5 rings (SSSR count). The SMILES string of the molecule is O=C(Cn1cnc2sc(-c3ccccc3)cc2c1=O)N[C@@H](CN1CCOCC1)c1ccccc1. The van der Waals surface area contributed by atoms with Crippen LogP contribution in [0.3, 0.4) is 0 Å². The minimum Gasteiger partial charge on any atom is -0.379 e. The van der Waals surface area contributed by atoms with Crippen molar-refractivity contribution in [3.63, 3.8) is 0 Å². The molecule has 1 fully saturated rings. The predicted octanol–water partition coefficient (Wildman–Crippen LogP) is 3.31. The van der Waals surface area contributed by atoms with Crippen molar-refractivity contribution in [2.45, 2.75) is 12.6 Å². The fraction of sp³-hybridized carbons (Fsp3) is 0.269. The molecule has 1 amide bonds. The second-order valence-electron chi connectivity index (χ2n) is 8.32. The summed E-state index contributed by atoms with van der Waals surface area (Å²) in [5, 5.41) is 3.66. The third-order valence-electron chi connectivity index (χ3n) is 5.97. The summed E-state index contributed by atoms with van der Waals surface area (Å²) in [6, 6.07) is 21.5. The van der Waals surface area contributed by atoms with Gasteiger partial charge in [-0.1, -0.05) is 60.7 Å². The summed E-state index contributed by atoms with van der Waals surface area (Å²) in [5.74, 6) is -0.219. The number of ether oxygens (including phenoxy) is 1. The van der Waals surface area contributed by atoms with Crippen LogP contribution in [0.1, 0.15) is 11.6 Å². The van der Waals surface area contributed by atoms with Gasteiger partial charge in [-0.2, -0.15) is 0 Å². The smallest absolute Gasteiger partial charge is 0.262 e. The van der Waals surface area contributed by atoms with E-state index in [-0.39, 0.29) is 24.1 Å². The molecule has 4 aromatic rings. The Morgan fingerprint density at radius 2 is 1.76 bits per heavy atom. The number of hydrogen-bond donors (Lipinski definition) is 1. The lowest BCUT2D eigenvalue weighted by atomic mass is 10.1. The maximum absolute atomic E-state index is 13.1. The number of nitrogens with one attached hydrogen (secondary N) is 1. The van der Waals surface area contributed by atoms with Crippen LogP contribution in [0.5, 0.6) is 0 Å². The molecular weight excluding hydrogens is 448 g/mol. The maximum Gasteiger partial charge on any atom is 0.262 e. The second kappa shape index (κ2) is 10.3. The molecule has 1 aliphatic heterocycles. The number of rotatable bonds is 7. The molecule has 7 nitrogen and oxygen atoms in total. The molecule has 0 saturated carbocycles. The standard InChI is InChI=1S/C26H26N4O3S/c31-24(28-22(19-7-3-1-4-8-19)16-29-11-13-33-14-12-29)17-30-18-27-25-21(26(30)32)15-23(34-25)20-9-5-2-6-10-20/h1-10,15,18,22H,11-14,16-17H2,(H,28,31)/t22-/m0/s1. The van der Waals surface area contributed by atoms with Crippen LogP contribution >= 0.6 is 11.3 Å². The Morgan fingerprint density at radius 3 is 2.50 bits per heavy atom. The molecule has 2 aromatic heterocycles. The first kappa shape index (κ1) is 22.5. The van der Waals surface area contributed by atoms with Crippen molar-refractivity contribution in [2.75, 3.05) is 32.8 Å². The van der Waals surface area contributed by atoms with Crippen molar-refractivity contribution < 1.29 is 9.53 Å². The molecule has 8 heteroatoms. The number of fused-ring (bicyclic) bond motifs is 1. The third-order valence-corrected chi connectivity index (χ3v) is 7.06. The highest BCUT2D eigenvalue weighted by molar-refractivity contribution is 7.21. The molecule has 0 bridgehead atoms. The number of hydrogen-bond acceptors (Lipinski definition) is 6. The topological polar surface area (TPSA) is 76.5 Å². The van der Waals surface area contributed by atoms with Gasteiger partial charge < -0.3 is 10.1 Å².